The van der Waals surface area contributed by atoms with Gasteiger partial charge in [-0.15, -0.1) is 0 Å². The summed E-state index contributed by atoms with van der Waals surface area (Å²) in [4.78, 5) is 10.3. The molecular weight excluding hydrogens is 225 g/mol. The molecule has 0 amide bonds. The van der Waals surface area contributed by atoms with E-state index in [9.17, 15) is 18.0 Å². The third-order valence-electron chi connectivity index (χ3n) is 2.02. The number of halogens is 3. The van der Waals surface area contributed by atoms with E-state index in [1.807, 2.05) is 0 Å². The van der Waals surface area contributed by atoms with Crippen LogP contribution in [0, 0.1) is 0 Å². The molecule has 7 heteroatoms. The van der Waals surface area contributed by atoms with Gasteiger partial charge >= 0.3 is 12.1 Å². The van der Waals surface area contributed by atoms with E-state index in [4.69, 9.17) is 5.11 Å². The largest absolute Gasteiger partial charge is 0.481 e. The zero-order valence-corrected chi connectivity index (χ0v) is 8.58. The van der Waals surface area contributed by atoms with E-state index in [1.165, 1.54) is 0 Å². The minimum atomic E-state index is -4.45. The summed E-state index contributed by atoms with van der Waals surface area (Å²) < 4.78 is 38.2. The molecule has 0 saturated heterocycles. The first kappa shape index (κ1) is 12.5. The maximum Gasteiger partial charge on any atom is 0.433 e. The van der Waals surface area contributed by atoms with Gasteiger partial charge in [-0.25, -0.2) is 0 Å². The maximum atomic E-state index is 12.5. The summed E-state index contributed by atoms with van der Waals surface area (Å²) in [7, 11) is 0. The number of aliphatic carboxylic acids is 1. The van der Waals surface area contributed by atoms with Gasteiger partial charge in [0.15, 0.2) is 0 Å². The Kier molecular flexibility index (Phi) is 3.56. The molecule has 1 aromatic rings. The molecule has 1 N–H and O–H groups in total. The maximum absolute atomic E-state index is 12.5. The number of aromatic nitrogens is 2. The lowest BCUT2D eigenvalue weighted by atomic mass is 10.2. The Balaban J connectivity index is 2.90. The Labute approximate surface area is 89.7 Å². The predicted octanol–water partition coefficient (Wildman–Crippen LogP) is 1.94. The summed E-state index contributed by atoms with van der Waals surface area (Å²) in [5.41, 5.74) is -0.688. The lowest BCUT2D eigenvalue weighted by Gasteiger charge is -2.07. The van der Waals surface area contributed by atoms with Crippen LogP contribution < -0.4 is 0 Å². The molecule has 0 fully saturated rings. The fourth-order valence-corrected chi connectivity index (χ4v) is 1.30. The molecule has 0 atom stereocenters. The minimum Gasteiger partial charge on any atom is -0.481 e. The second-order valence-electron chi connectivity index (χ2n) is 3.23. The third-order valence-corrected chi connectivity index (χ3v) is 2.02. The highest BCUT2D eigenvalue weighted by atomic mass is 19.4. The molecule has 1 rings (SSSR count). The second kappa shape index (κ2) is 4.54. The number of nitrogens with zero attached hydrogens (tertiary/aromatic N) is 2. The van der Waals surface area contributed by atoms with E-state index in [-0.39, 0.29) is 25.1 Å². The molecule has 0 aromatic carbocycles. The summed E-state index contributed by atoms with van der Waals surface area (Å²) >= 11 is 0. The SMILES string of the molecule is CCn1nc(CCC(=O)O)cc1C(F)(F)F. The van der Waals surface area contributed by atoms with E-state index < -0.39 is 17.8 Å². The average molecular weight is 236 g/mol. The van der Waals surface area contributed by atoms with Crippen molar-refractivity contribution in [1.82, 2.24) is 9.78 Å². The van der Waals surface area contributed by atoms with Crippen LogP contribution in [-0.4, -0.2) is 20.9 Å². The number of hydrogen-bond acceptors (Lipinski definition) is 2. The van der Waals surface area contributed by atoms with Gasteiger partial charge in [0, 0.05) is 13.0 Å². The van der Waals surface area contributed by atoms with Crippen LogP contribution in [0.25, 0.3) is 0 Å². The van der Waals surface area contributed by atoms with Crippen LogP contribution in [0.1, 0.15) is 24.7 Å². The number of rotatable bonds is 4. The number of carbonyl (C=O) groups is 1. The van der Waals surface area contributed by atoms with Gasteiger partial charge < -0.3 is 5.11 Å². The summed E-state index contributed by atoms with van der Waals surface area (Å²) in [6, 6.07) is 0.895. The zero-order valence-electron chi connectivity index (χ0n) is 8.58. The Hall–Kier alpha value is -1.53. The Morgan fingerprint density at radius 3 is 2.56 bits per heavy atom. The molecule has 0 spiro atoms. The Bertz CT molecular complexity index is 385. The Morgan fingerprint density at radius 1 is 1.56 bits per heavy atom. The number of aryl methyl sites for hydroxylation is 2. The van der Waals surface area contributed by atoms with Crippen molar-refractivity contribution in [3.05, 3.63) is 17.5 Å². The number of hydrogen-bond donors (Lipinski definition) is 1. The van der Waals surface area contributed by atoms with Gasteiger partial charge in [-0.1, -0.05) is 0 Å². The van der Waals surface area contributed by atoms with Crippen LogP contribution in [-0.2, 0) is 23.9 Å². The molecule has 0 saturated carbocycles. The first-order valence-electron chi connectivity index (χ1n) is 4.70. The molecule has 0 aliphatic carbocycles. The topological polar surface area (TPSA) is 55.1 Å². The van der Waals surface area contributed by atoms with Gasteiger partial charge in [-0.3, -0.25) is 9.48 Å². The van der Waals surface area contributed by atoms with E-state index in [0.717, 1.165) is 10.7 Å². The van der Waals surface area contributed by atoms with Crippen molar-refractivity contribution in [3.63, 3.8) is 0 Å². The van der Waals surface area contributed by atoms with Crippen LogP contribution in [0.15, 0.2) is 6.07 Å². The van der Waals surface area contributed by atoms with Crippen molar-refractivity contribution in [2.45, 2.75) is 32.5 Å². The molecule has 1 heterocycles. The summed E-state index contributed by atoms with van der Waals surface area (Å²) in [5.74, 6) is -1.06. The third kappa shape index (κ3) is 2.98. The number of carboxylic acids is 1. The van der Waals surface area contributed by atoms with Crippen molar-refractivity contribution in [2.24, 2.45) is 0 Å². The highest BCUT2D eigenvalue weighted by Gasteiger charge is 2.35. The molecule has 0 aliphatic heterocycles. The molecule has 4 nitrogen and oxygen atoms in total. The first-order chi connectivity index (χ1) is 7.34. The van der Waals surface area contributed by atoms with Crippen LogP contribution >= 0.6 is 0 Å². The predicted molar refractivity (Wildman–Crippen MR) is 48.9 cm³/mol. The van der Waals surface area contributed by atoms with Crippen molar-refractivity contribution in [1.29, 1.82) is 0 Å². The normalized spacial score (nSPS) is 11.8. The summed E-state index contributed by atoms with van der Waals surface area (Å²) in [6.45, 7) is 1.64. The van der Waals surface area contributed by atoms with Crippen molar-refractivity contribution < 1.29 is 23.1 Å². The molecular formula is C9H11F3N2O2. The summed E-state index contributed by atoms with van der Waals surface area (Å²) in [5, 5.41) is 12.1. The molecule has 16 heavy (non-hydrogen) atoms. The molecule has 0 bridgehead atoms. The average Bonchev–Trinajstić information content (AvgIpc) is 2.57. The monoisotopic (exact) mass is 236 g/mol. The van der Waals surface area contributed by atoms with Gasteiger partial charge in [-0.05, 0) is 13.0 Å². The van der Waals surface area contributed by atoms with Gasteiger partial charge in [0.25, 0.3) is 0 Å². The van der Waals surface area contributed by atoms with Gasteiger partial charge in [0.05, 0.1) is 12.1 Å². The van der Waals surface area contributed by atoms with E-state index in [0.29, 0.717) is 0 Å². The standard InChI is InChI=1S/C9H11F3N2O2/c1-2-14-7(9(10,11)12)5-6(13-14)3-4-8(15)16/h5H,2-4H2,1H3,(H,15,16). The lowest BCUT2D eigenvalue weighted by Crippen LogP contribution is -2.13. The quantitative estimate of drug-likeness (QED) is 0.869. The molecule has 0 radical (unpaired) electrons. The van der Waals surface area contributed by atoms with Crippen molar-refractivity contribution >= 4 is 5.97 Å². The zero-order chi connectivity index (χ0) is 12.3. The lowest BCUT2D eigenvalue weighted by molar-refractivity contribution is -0.144. The van der Waals surface area contributed by atoms with E-state index >= 15 is 0 Å². The molecule has 0 aliphatic rings. The summed E-state index contributed by atoms with van der Waals surface area (Å²) in [6.07, 6.45) is -4.67. The van der Waals surface area contributed by atoms with Crippen molar-refractivity contribution in [3.8, 4) is 0 Å². The van der Waals surface area contributed by atoms with Gasteiger partial charge in [0.2, 0.25) is 0 Å². The van der Waals surface area contributed by atoms with Crippen molar-refractivity contribution in [2.75, 3.05) is 0 Å². The van der Waals surface area contributed by atoms with Crippen LogP contribution in [0.3, 0.4) is 0 Å². The van der Waals surface area contributed by atoms with Gasteiger partial charge in [-0.2, -0.15) is 18.3 Å². The van der Waals surface area contributed by atoms with Crippen LogP contribution in [0.4, 0.5) is 13.2 Å². The van der Waals surface area contributed by atoms with Gasteiger partial charge in [0.1, 0.15) is 5.69 Å². The highest BCUT2D eigenvalue weighted by molar-refractivity contribution is 5.66. The van der Waals surface area contributed by atoms with Crippen LogP contribution in [0.2, 0.25) is 0 Å². The number of alkyl halides is 3. The molecule has 1 aromatic heterocycles. The second-order valence-corrected chi connectivity index (χ2v) is 3.23. The smallest absolute Gasteiger partial charge is 0.433 e. The minimum absolute atomic E-state index is 0.00537. The number of carboxylic acid groups (broad SMARTS) is 1. The highest BCUT2D eigenvalue weighted by Crippen LogP contribution is 2.29. The molecule has 0 unspecified atom stereocenters. The Morgan fingerprint density at radius 2 is 2.19 bits per heavy atom. The first-order valence-corrected chi connectivity index (χ1v) is 4.70. The fraction of sp³-hybridized carbons (Fsp3) is 0.556. The molecule has 90 valence electrons. The van der Waals surface area contributed by atoms with E-state index in [1.54, 1.807) is 6.92 Å². The van der Waals surface area contributed by atoms with Crippen LogP contribution in [0.5, 0.6) is 0 Å². The fourth-order valence-electron chi connectivity index (χ4n) is 1.30. The van der Waals surface area contributed by atoms with E-state index in [2.05, 4.69) is 5.10 Å².